The van der Waals surface area contributed by atoms with Crippen molar-refractivity contribution in [3.63, 3.8) is 0 Å². The van der Waals surface area contributed by atoms with E-state index in [-0.39, 0.29) is 5.92 Å². The summed E-state index contributed by atoms with van der Waals surface area (Å²) < 4.78 is 16.1. The van der Waals surface area contributed by atoms with Crippen molar-refractivity contribution in [1.82, 2.24) is 0 Å². The average molecular weight is 255 g/mol. The molecule has 1 rings (SSSR count). The summed E-state index contributed by atoms with van der Waals surface area (Å²) in [5, 5.41) is 0. The Morgan fingerprint density at radius 1 is 1.29 bits per heavy atom. The van der Waals surface area contributed by atoms with Crippen molar-refractivity contribution in [1.29, 1.82) is 0 Å². The third kappa shape index (κ3) is 3.49. The molecular formula is C12H17NO3S. The quantitative estimate of drug-likeness (QED) is 0.788. The SMILES string of the molecule is COc1cccc(OC)c1OCC(C)C(N)=S. The fourth-order valence-corrected chi connectivity index (χ4v) is 1.32. The summed E-state index contributed by atoms with van der Waals surface area (Å²) in [6.07, 6.45) is 0. The summed E-state index contributed by atoms with van der Waals surface area (Å²) in [5.41, 5.74) is 5.53. The van der Waals surface area contributed by atoms with Gasteiger partial charge in [-0.2, -0.15) is 0 Å². The maximum absolute atomic E-state index is 5.66. The molecule has 1 aromatic carbocycles. The van der Waals surface area contributed by atoms with Crippen LogP contribution >= 0.6 is 12.2 Å². The van der Waals surface area contributed by atoms with E-state index in [9.17, 15) is 0 Å². The van der Waals surface area contributed by atoms with Crippen molar-refractivity contribution in [2.45, 2.75) is 6.92 Å². The molecule has 0 fully saturated rings. The van der Waals surface area contributed by atoms with Crippen LogP contribution in [0, 0.1) is 5.92 Å². The second-order valence-electron chi connectivity index (χ2n) is 3.61. The Kier molecular flexibility index (Phi) is 5.03. The summed E-state index contributed by atoms with van der Waals surface area (Å²) in [7, 11) is 3.16. The Morgan fingerprint density at radius 2 is 1.82 bits per heavy atom. The summed E-state index contributed by atoms with van der Waals surface area (Å²) in [5.74, 6) is 1.82. The lowest BCUT2D eigenvalue weighted by atomic mass is 10.2. The van der Waals surface area contributed by atoms with E-state index in [0.29, 0.717) is 28.8 Å². The highest BCUT2D eigenvalue weighted by molar-refractivity contribution is 7.80. The Labute approximate surface area is 107 Å². The molecule has 0 radical (unpaired) electrons. The van der Waals surface area contributed by atoms with Gasteiger partial charge in [-0.05, 0) is 12.1 Å². The number of para-hydroxylation sites is 1. The highest BCUT2D eigenvalue weighted by Crippen LogP contribution is 2.36. The van der Waals surface area contributed by atoms with Crippen LogP contribution in [0.15, 0.2) is 18.2 Å². The maximum atomic E-state index is 5.66. The molecular weight excluding hydrogens is 238 g/mol. The molecule has 0 spiro atoms. The van der Waals surface area contributed by atoms with Crippen LogP contribution in [0.1, 0.15) is 6.92 Å². The van der Waals surface area contributed by atoms with E-state index >= 15 is 0 Å². The predicted molar refractivity (Wildman–Crippen MR) is 71.0 cm³/mol. The van der Waals surface area contributed by atoms with E-state index in [2.05, 4.69) is 0 Å². The number of thiocarbonyl (C=S) groups is 1. The van der Waals surface area contributed by atoms with Gasteiger partial charge >= 0.3 is 0 Å². The molecule has 0 aliphatic heterocycles. The second kappa shape index (κ2) is 6.30. The molecule has 0 aliphatic carbocycles. The zero-order valence-electron chi connectivity index (χ0n) is 10.2. The third-order valence-electron chi connectivity index (χ3n) is 2.35. The third-order valence-corrected chi connectivity index (χ3v) is 2.75. The first-order valence-corrected chi connectivity index (χ1v) is 5.64. The Hall–Kier alpha value is -1.49. The molecule has 94 valence electrons. The Balaban J connectivity index is 2.84. The first-order valence-electron chi connectivity index (χ1n) is 5.23. The van der Waals surface area contributed by atoms with E-state index in [4.69, 9.17) is 32.2 Å². The second-order valence-corrected chi connectivity index (χ2v) is 4.08. The van der Waals surface area contributed by atoms with Crippen LogP contribution in [0.3, 0.4) is 0 Å². The lowest BCUT2D eigenvalue weighted by molar-refractivity contribution is 0.259. The Morgan fingerprint density at radius 3 is 2.24 bits per heavy atom. The first-order chi connectivity index (χ1) is 8.10. The number of hydrogen-bond donors (Lipinski definition) is 1. The van der Waals surface area contributed by atoms with Crippen molar-refractivity contribution >= 4 is 17.2 Å². The number of hydrogen-bond acceptors (Lipinski definition) is 4. The maximum Gasteiger partial charge on any atom is 0.203 e. The van der Waals surface area contributed by atoms with Crippen LogP contribution in [0.25, 0.3) is 0 Å². The number of ether oxygens (including phenoxy) is 3. The van der Waals surface area contributed by atoms with Gasteiger partial charge in [0.05, 0.1) is 25.8 Å². The van der Waals surface area contributed by atoms with Gasteiger partial charge in [-0.15, -0.1) is 0 Å². The van der Waals surface area contributed by atoms with Gasteiger partial charge in [0.1, 0.15) is 0 Å². The molecule has 17 heavy (non-hydrogen) atoms. The summed E-state index contributed by atoms with van der Waals surface area (Å²) in [4.78, 5) is 0.430. The predicted octanol–water partition coefficient (Wildman–Crippen LogP) is 2.00. The van der Waals surface area contributed by atoms with Gasteiger partial charge in [0.25, 0.3) is 0 Å². The molecule has 1 atom stereocenters. The molecule has 0 amide bonds. The van der Waals surface area contributed by atoms with Crippen molar-refractivity contribution in [2.75, 3.05) is 20.8 Å². The highest BCUT2D eigenvalue weighted by atomic mass is 32.1. The van der Waals surface area contributed by atoms with Gasteiger partial charge in [-0.3, -0.25) is 0 Å². The molecule has 0 heterocycles. The summed E-state index contributed by atoms with van der Waals surface area (Å²) in [6, 6.07) is 5.45. The van der Waals surface area contributed by atoms with Gasteiger partial charge in [0, 0.05) is 5.92 Å². The first kappa shape index (κ1) is 13.6. The van der Waals surface area contributed by atoms with Gasteiger partial charge in [-0.1, -0.05) is 25.2 Å². The van der Waals surface area contributed by atoms with Gasteiger partial charge in [0.15, 0.2) is 11.5 Å². The van der Waals surface area contributed by atoms with E-state index in [1.54, 1.807) is 14.2 Å². The minimum absolute atomic E-state index is 0.000353. The lowest BCUT2D eigenvalue weighted by Crippen LogP contribution is -2.24. The number of benzene rings is 1. The van der Waals surface area contributed by atoms with Crippen molar-refractivity contribution < 1.29 is 14.2 Å². The number of nitrogens with two attached hydrogens (primary N) is 1. The van der Waals surface area contributed by atoms with Gasteiger partial charge in [-0.25, -0.2) is 0 Å². The Bertz CT molecular complexity index is 373. The van der Waals surface area contributed by atoms with Gasteiger partial charge < -0.3 is 19.9 Å². The summed E-state index contributed by atoms with van der Waals surface area (Å²) in [6.45, 7) is 2.30. The number of methoxy groups -OCH3 is 2. The highest BCUT2D eigenvalue weighted by Gasteiger charge is 2.13. The van der Waals surface area contributed by atoms with Crippen LogP contribution in [0.5, 0.6) is 17.2 Å². The van der Waals surface area contributed by atoms with E-state index in [0.717, 1.165) is 0 Å². The van der Waals surface area contributed by atoms with E-state index in [1.165, 1.54) is 0 Å². The zero-order valence-corrected chi connectivity index (χ0v) is 11.0. The zero-order chi connectivity index (χ0) is 12.8. The van der Waals surface area contributed by atoms with Crippen LogP contribution in [-0.4, -0.2) is 25.8 Å². The van der Waals surface area contributed by atoms with Gasteiger partial charge in [0.2, 0.25) is 5.75 Å². The summed E-state index contributed by atoms with van der Waals surface area (Å²) >= 11 is 4.89. The fraction of sp³-hybridized carbons (Fsp3) is 0.417. The molecule has 0 aliphatic rings. The van der Waals surface area contributed by atoms with Crippen molar-refractivity contribution in [3.05, 3.63) is 18.2 Å². The molecule has 0 aromatic heterocycles. The average Bonchev–Trinajstić information content (AvgIpc) is 2.34. The topological polar surface area (TPSA) is 53.7 Å². The lowest BCUT2D eigenvalue weighted by Gasteiger charge is -2.16. The molecule has 1 unspecified atom stereocenters. The van der Waals surface area contributed by atoms with Crippen LogP contribution in [-0.2, 0) is 0 Å². The largest absolute Gasteiger partial charge is 0.493 e. The molecule has 0 saturated heterocycles. The van der Waals surface area contributed by atoms with Crippen molar-refractivity contribution in [2.24, 2.45) is 11.7 Å². The smallest absolute Gasteiger partial charge is 0.203 e. The monoisotopic (exact) mass is 255 g/mol. The molecule has 5 heteroatoms. The molecule has 1 aromatic rings. The normalized spacial score (nSPS) is 11.7. The molecule has 4 nitrogen and oxygen atoms in total. The minimum atomic E-state index is -0.000353. The van der Waals surface area contributed by atoms with Crippen LogP contribution < -0.4 is 19.9 Å². The van der Waals surface area contributed by atoms with Crippen molar-refractivity contribution in [3.8, 4) is 17.2 Å². The molecule has 0 bridgehead atoms. The number of rotatable bonds is 6. The van der Waals surface area contributed by atoms with Crippen LogP contribution in [0.2, 0.25) is 0 Å². The molecule has 0 saturated carbocycles. The van der Waals surface area contributed by atoms with E-state index in [1.807, 2.05) is 25.1 Å². The van der Waals surface area contributed by atoms with Crippen LogP contribution in [0.4, 0.5) is 0 Å². The molecule has 2 N–H and O–H groups in total. The standard InChI is InChI=1S/C12H17NO3S/c1-8(12(13)17)7-16-11-9(14-2)5-4-6-10(11)15-3/h4-6,8H,7H2,1-3H3,(H2,13,17). The van der Waals surface area contributed by atoms with E-state index < -0.39 is 0 Å². The fourth-order valence-electron chi connectivity index (χ4n) is 1.25. The minimum Gasteiger partial charge on any atom is -0.493 e.